The zero-order valence-corrected chi connectivity index (χ0v) is 8.91. The summed E-state index contributed by atoms with van der Waals surface area (Å²) in [6.07, 6.45) is 3.55. The van der Waals surface area contributed by atoms with Gasteiger partial charge in [-0.2, -0.15) is 0 Å². The molecule has 0 saturated heterocycles. The number of nitrogens with one attached hydrogen (secondary N) is 2. The van der Waals surface area contributed by atoms with Gasteiger partial charge in [0.25, 0.3) is 5.56 Å². The predicted octanol–water partition coefficient (Wildman–Crippen LogP) is 0.180. The second-order valence-corrected chi connectivity index (χ2v) is 4.05. The van der Waals surface area contributed by atoms with Gasteiger partial charge < -0.3 is 10.3 Å². The molecule has 76 valence electrons. The molecule has 2 N–H and O–H groups in total. The third-order valence-electron chi connectivity index (χ3n) is 2.36. The van der Waals surface area contributed by atoms with Crippen LogP contribution in [0, 0.1) is 0 Å². The van der Waals surface area contributed by atoms with Crippen LogP contribution in [0.1, 0.15) is 11.3 Å². The zero-order chi connectivity index (χ0) is 9.97. The lowest BCUT2D eigenvalue weighted by Gasteiger charge is -2.04. The average Bonchev–Trinajstić information content (AvgIpc) is 2.42. The number of thioether (sulfide) groups is 1. The fourth-order valence-electron chi connectivity index (χ4n) is 1.63. The topological polar surface area (TPSA) is 57.8 Å². The van der Waals surface area contributed by atoms with Crippen LogP contribution >= 0.6 is 11.8 Å². The maximum atomic E-state index is 11.7. The van der Waals surface area contributed by atoms with E-state index in [0.717, 1.165) is 42.3 Å². The standard InChI is InChI=1S/C9H13N3OS/c1-14-9-11-7-3-5-10-4-2-6(7)8(13)12-9/h10H,2-5H2,1H3,(H,11,12,13). The van der Waals surface area contributed by atoms with E-state index in [0.29, 0.717) is 0 Å². The minimum Gasteiger partial charge on any atom is -0.316 e. The molecule has 0 fully saturated rings. The predicted molar refractivity (Wildman–Crippen MR) is 56.9 cm³/mol. The molecule has 5 heteroatoms. The van der Waals surface area contributed by atoms with Crippen LogP contribution in [0.25, 0.3) is 0 Å². The molecule has 0 saturated carbocycles. The lowest BCUT2D eigenvalue weighted by molar-refractivity contribution is 0.707. The number of H-pyrrole nitrogens is 1. The van der Waals surface area contributed by atoms with Gasteiger partial charge in [0.15, 0.2) is 5.16 Å². The lowest BCUT2D eigenvalue weighted by Crippen LogP contribution is -2.19. The maximum Gasteiger partial charge on any atom is 0.255 e. The number of aromatic nitrogens is 2. The highest BCUT2D eigenvalue weighted by atomic mass is 32.2. The Morgan fingerprint density at radius 1 is 1.36 bits per heavy atom. The second-order valence-electron chi connectivity index (χ2n) is 3.25. The first-order valence-corrected chi connectivity index (χ1v) is 5.90. The van der Waals surface area contributed by atoms with Gasteiger partial charge >= 0.3 is 0 Å². The van der Waals surface area contributed by atoms with Crippen molar-refractivity contribution in [3.63, 3.8) is 0 Å². The highest BCUT2D eigenvalue weighted by Crippen LogP contribution is 2.10. The molecule has 2 heterocycles. The molecular weight excluding hydrogens is 198 g/mol. The van der Waals surface area contributed by atoms with Crippen LogP contribution in [-0.2, 0) is 12.8 Å². The number of hydrogen-bond donors (Lipinski definition) is 2. The van der Waals surface area contributed by atoms with E-state index in [9.17, 15) is 4.79 Å². The van der Waals surface area contributed by atoms with Crippen molar-refractivity contribution in [3.8, 4) is 0 Å². The minimum absolute atomic E-state index is 0.0306. The molecule has 0 atom stereocenters. The van der Waals surface area contributed by atoms with E-state index in [4.69, 9.17) is 0 Å². The van der Waals surface area contributed by atoms with Crippen LogP contribution in [0.2, 0.25) is 0 Å². The molecule has 1 aliphatic heterocycles. The zero-order valence-electron chi connectivity index (χ0n) is 8.09. The molecule has 0 unspecified atom stereocenters. The molecule has 0 aromatic carbocycles. The Morgan fingerprint density at radius 3 is 2.93 bits per heavy atom. The van der Waals surface area contributed by atoms with Crippen LogP contribution in [-0.4, -0.2) is 29.3 Å². The first-order chi connectivity index (χ1) is 6.81. The smallest absolute Gasteiger partial charge is 0.255 e. The van der Waals surface area contributed by atoms with Crippen molar-refractivity contribution in [2.45, 2.75) is 18.0 Å². The summed E-state index contributed by atoms with van der Waals surface area (Å²) in [6.45, 7) is 1.79. The van der Waals surface area contributed by atoms with E-state index in [1.165, 1.54) is 11.8 Å². The van der Waals surface area contributed by atoms with Gasteiger partial charge in [0, 0.05) is 18.5 Å². The quantitative estimate of drug-likeness (QED) is 0.514. The van der Waals surface area contributed by atoms with Crippen LogP contribution < -0.4 is 10.9 Å². The number of nitrogens with zero attached hydrogens (tertiary/aromatic N) is 1. The van der Waals surface area contributed by atoms with E-state index in [2.05, 4.69) is 15.3 Å². The van der Waals surface area contributed by atoms with Crippen LogP contribution in [0.15, 0.2) is 9.95 Å². The van der Waals surface area contributed by atoms with E-state index in [-0.39, 0.29) is 5.56 Å². The average molecular weight is 211 g/mol. The Labute approximate surface area is 86.5 Å². The molecule has 1 aromatic rings. The number of aromatic amines is 1. The van der Waals surface area contributed by atoms with Crippen molar-refractivity contribution in [1.29, 1.82) is 0 Å². The third-order valence-corrected chi connectivity index (χ3v) is 2.94. The molecule has 0 amide bonds. The van der Waals surface area contributed by atoms with Gasteiger partial charge in [-0.1, -0.05) is 11.8 Å². The number of hydrogen-bond acceptors (Lipinski definition) is 4. The van der Waals surface area contributed by atoms with E-state index >= 15 is 0 Å². The molecule has 0 spiro atoms. The Balaban J connectivity index is 2.48. The van der Waals surface area contributed by atoms with Crippen molar-refractivity contribution in [2.24, 2.45) is 0 Å². The molecule has 0 aliphatic carbocycles. The fourth-order valence-corrected chi connectivity index (χ4v) is 2.02. The number of fused-ring (bicyclic) bond motifs is 1. The Bertz CT molecular complexity index is 388. The molecule has 4 nitrogen and oxygen atoms in total. The highest BCUT2D eigenvalue weighted by molar-refractivity contribution is 7.98. The van der Waals surface area contributed by atoms with Crippen molar-refractivity contribution in [1.82, 2.24) is 15.3 Å². The molecule has 0 bridgehead atoms. The van der Waals surface area contributed by atoms with Gasteiger partial charge in [0.1, 0.15) is 0 Å². The molecule has 1 aromatic heterocycles. The molecule has 1 aliphatic rings. The first kappa shape index (κ1) is 9.73. The van der Waals surface area contributed by atoms with Gasteiger partial charge in [-0.05, 0) is 19.2 Å². The summed E-state index contributed by atoms with van der Waals surface area (Å²) >= 11 is 1.48. The summed E-state index contributed by atoms with van der Waals surface area (Å²) < 4.78 is 0. The first-order valence-electron chi connectivity index (χ1n) is 4.68. The van der Waals surface area contributed by atoms with Crippen molar-refractivity contribution in [2.75, 3.05) is 19.3 Å². The lowest BCUT2D eigenvalue weighted by atomic mass is 10.1. The minimum atomic E-state index is 0.0306. The van der Waals surface area contributed by atoms with E-state index < -0.39 is 0 Å². The summed E-state index contributed by atoms with van der Waals surface area (Å²) in [4.78, 5) is 18.9. The highest BCUT2D eigenvalue weighted by Gasteiger charge is 2.13. The summed E-state index contributed by atoms with van der Waals surface area (Å²) in [6, 6.07) is 0. The van der Waals surface area contributed by atoms with E-state index in [1.807, 2.05) is 6.26 Å². The van der Waals surface area contributed by atoms with Crippen molar-refractivity contribution >= 4 is 11.8 Å². The van der Waals surface area contributed by atoms with Crippen molar-refractivity contribution < 1.29 is 0 Å². The molecule has 14 heavy (non-hydrogen) atoms. The van der Waals surface area contributed by atoms with Crippen LogP contribution in [0.4, 0.5) is 0 Å². The molecular formula is C9H13N3OS. The summed E-state index contributed by atoms with van der Waals surface area (Å²) in [5.41, 5.74) is 1.85. The van der Waals surface area contributed by atoms with Gasteiger partial charge in [0.05, 0.1) is 5.69 Å². The van der Waals surface area contributed by atoms with Gasteiger partial charge in [-0.3, -0.25) is 4.79 Å². The van der Waals surface area contributed by atoms with Crippen LogP contribution in [0.5, 0.6) is 0 Å². The third kappa shape index (κ3) is 1.83. The van der Waals surface area contributed by atoms with Gasteiger partial charge in [-0.15, -0.1) is 0 Å². The van der Waals surface area contributed by atoms with Gasteiger partial charge in [-0.25, -0.2) is 4.98 Å². The summed E-state index contributed by atoms with van der Waals surface area (Å²) in [5, 5.41) is 3.98. The van der Waals surface area contributed by atoms with Gasteiger partial charge in [0.2, 0.25) is 0 Å². The summed E-state index contributed by atoms with van der Waals surface area (Å²) in [7, 11) is 0. The molecule has 0 radical (unpaired) electrons. The van der Waals surface area contributed by atoms with E-state index in [1.54, 1.807) is 0 Å². The normalized spacial score (nSPS) is 16.1. The Hall–Kier alpha value is -0.810. The second kappa shape index (κ2) is 4.14. The number of rotatable bonds is 1. The van der Waals surface area contributed by atoms with Crippen molar-refractivity contribution in [3.05, 3.63) is 21.6 Å². The SMILES string of the molecule is CSc1nc2c(c(=O)[nH]1)CCNCC2. The maximum absolute atomic E-state index is 11.7. The Morgan fingerprint density at radius 2 is 2.14 bits per heavy atom. The summed E-state index contributed by atoms with van der Waals surface area (Å²) in [5.74, 6) is 0. The Kier molecular flexibility index (Phi) is 2.88. The van der Waals surface area contributed by atoms with Crippen LogP contribution in [0.3, 0.4) is 0 Å². The fraction of sp³-hybridized carbons (Fsp3) is 0.556. The molecule has 2 rings (SSSR count). The largest absolute Gasteiger partial charge is 0.316 e. The monoisotopic (exact) mass is 211 g/mol.